The quantitative estimate of drug-likeness (QED) is 0.638. The molecule has 2 aliphatic rings. The van der Waals surface area contributed by atoms with Crippen LogP contribution < -0.4 is 28.4 Å². The number of carbonyl (C=O) groups excluding carboxylic acids is 1. The van der Waals surface area contributed by atoms with Crippen LogP contribution in [0.1, 0.15) is 17.0 Å². The minimum atomic E-state index is -0.377. The predicted molar refractivity (Wildman–Crippen MR) is 106 cm³/mol. The van der Waals surface area contributed by atoms with Gasteiger partial charge in [-0.05, 0) is 41.8 Å². The average Bonchev–Trinajstić information content (AvgIpc) is 3.39. The summed E-state index contributed by atoms with van der Waals surface area (Å²) in [6, 6.07) is 7.47. The molecular weight excluding hydrogens is 392 g/mol. The zero-order valence-electron chi connectivity index (χ0n) is 17.4. The fourth-order valence-corrected chi connectivity index (χ4v) is 3.98. The molecule has 4 rings (SSSR count). The van der Waals surface area contributed by atoms with Gasteiger partial charge in [0.15, 0.2) is 23.0 Å². The van der Waals surface area contributed by atoms with Crippen LogP contribution in [0.4, 0.5) is 0 Å². The van der Waals surface area contributed by atoms with Crippen molar-refractivity contribution in [3.63, 3.8) is 0 Å². The number of carbonyl (C=O) groups is 1. The first kappa shape index (κ1) is 20.0. The van der Waals surface area contributed by atoms with Gasteiger partial charge in [0, 0.05) is 5.92 Å². The van der Waals surface area contributed by atoms with Crippen molar-refractivity contribution in [2.24, 2.45) is 5.92 Å². The van der Waals surface area contributed by atoms with Gasteiger partial charge in [0.2, 0.25) is 18.3 Å². The van der Waals surface area contributed by atoms with Crippen molar-refractivity contribution in [2.75, 3.05) is 41.8 Å². The third-order valence-corrected chi connectivity index (χ3v) is 5.48. The normalized spacial score (nSPS) is 19.4. The first-order valence-corrected chi connectivity index (χ1v) is 9.52. The summed E-state index contributed by atoms with van der Waals surface area (Å²) in [6.45, 7) is 0.431. The minimum Gasteiger partial charge on any atom is -0.493 e. The molecule has 160 valence electrons. The van der Waals surface area contributed by atoms with Gasteiger partial charge in [0.1, 0.15) is 0 Å². The van der Waals surface area contributed by atoms with Crippen LogP contribution in [0.2, 0.25) is 0 Å². The molecule has 0 unspecified atom stereocenters. The molecule has 0 amide bonds. The molecule has 0 aliphatic carbocycles. The lowest BCUT2D eigenvalue weighted by molar-refractivity contribution is -0.141. The van der Waals surface area contributed by atoms with Gasteiger partial charge in [-0.15, -0.1) is 0 Å². The molecule has 8 nitrogen and oxygen atoms in total. The second-order valence-corrected chi connectivity index (χ2v) is 7.04. The molecular formula is C22H24O8. The number of ether oxygens (including phenoxy) is 7. The molecule has 0 radical (unpaired) electrons. The van der Waals surface area contributed by atoms with E-state index in [1.807, 2.05) is 24.3 Å². The molecule has 0 N–H and O–H groups in total. The Bertz CT molecular complexity index is 929. The summed E-state index contributed by atoms with van der Waals surface area (Å²) in [5.41, 5.74) is 1.78. The smallest absolute Gasteiger partial charge is 0.310 e. The van der Waals surface area contributed by atoms with E-state index in [1.165, 1.54) is 0 Å². The zero-order valence-corrected chi connectivity index (χ0v) is 17.4. The van der Waals surface area contributed by atoms with Crippen LogP contribution in [0.25, 0.3) is 0 Å². The lowest BCUT2D eigenvalue weighted by Gasteiger charge is -2.19. The molecule has 0 saturated carbocycles. The Labute approximate surface area is 174 Å². The van der Waals surface area contributed by atoms with Crippen LogP contribution in [-0.4, -0.2) is 47.8 Å². The highest BCUT2D eigenvalue weighted by Crippen LogP contribution is 2.46. The molecule has 0 aromatic heterocycles. The third kappa shape index (κ3) is 3.42. The molecule has 8 heteroatoms. The van der Waals surface area contributed by atoms with Crippen molar-refractivity contribution < 1.29 is 38.0 Å². The molecule has 1 saturated heterocycles. The second kappa shape index (κ2) is 8.22. The Morgan fingerprint density at radius 1 is 0.867 bits per heavy atom. The number of cyclic esters (lactones) is 1. The molecule has 1 fully saturated rings. The summed E-state index contributed by atoms with van der Waals surface area (Å²) < 4.78 is 38.1. The maximum Gasteiger partial charge on any atom is 0.310 e. The number of rotatable bonds is 7. The van der Waals surface area contributed by atoms with Crippen LogP contribution >= 0.6 is 0 Å². The molecule has 2 atom stereocenters. The van der Waals surface area contributed by atoms with Crippen LogP contribution in [0.5, 0.6) is 34.5 Å². The maximum atomic E-state index is 12.6. The van der Waals surface area contributed by atoms with E-state index in [0.29, 0.717) is 40.9 Å². The highest BCUT2D eigenvalue weighted by atomic mass is 16.7. The van der Waals surface area contributed by atoms with Crippen LogP contribution in [0, 0.1) is 5.92 Å². The highest BCUT2D eigenvalue weighted by Gasteiger charge is 2.39. The number of methoxy groups -OCH3 is 4. The Kier molecular flexibility index (Phi) is 5.48. The SMILES string of the molecule is COc1cc(C[C@H]2C(=O)OC[C@@H]2c2cc(OC)c3c(c2)OCO3)cc(OC)c1OC. The largest absolute Gasteiger partial charge is 0.493 e. The monoisotopic (exact) mass is 416 g/mol. The summed E-state index contributed by atoms with van der Waals surface area (Å²) in [7, 11) is 6.25. The molecule has 2 aromatic carbocycles. The lowest BCUT2D eigenvalue weighted by Crippen LogP contribution is -2.18. The van der Waals surface area contributed by atoms with E-state index in [1.54, 1.807) is 28.4 Å². The summed E-state index contributed by atoms with van der Waals surface area (Å²) in [5, 5.41) is 0. The summed E-state index contributed by atoms with van der Waals surface area (Å²) in [5.74, 6) is 2.57. The van der Waals surface area contributed by atoms with Crippen LogP contribution in [-0.2, 0) is 16.0 Å². The van der Waals surface area contributed by atoms with Gasteiger partial charge >= 0.3 is 5.97 Å². The van der Waals surface area contributed by atoms with Gasteiger partial charge in [-0.2, -0.15) is 0 Å². The van der Waals surface area contributed by atoms with Crippen LogP contribution in [0.15, 0.2) is 24.3 Å². The van der Waals surface area contributed by atoms with Crippen molar-refractivity contribution in [2.45, 2.75) is 12.3 Å². The van der Waals surface area contributed by atoms with E-state index in [4.69, 9.17) is 33.2 Å². The van der Waals surface area contributed by atoms with Crippen molar-refractivity contribution in [1.82, 2.24) is 0 Å². The van der Waals surface area contributed by atoms with E-state index < -0.39 is 0 Å². The van der Waals surface area contributed by atoms with Gasteiger partial charge in [-0.3, -0.25) is 4.79 Å². The molecule has 2 heterocycles. The van der Waals surface area contributed by atoms with Crippen LogP contribution in [0.3, 0.4) is 0 Å². The third-order valence-electron chi connectivity index (χ3n) is 5.48. The maximum absolute atomic E-state index is 12.6. The van der Waals surface area contributed by atoms with Gasteiger partial charge in [-0.1, -0.05) is 0 Å². The number of fused-ring (bicyclic) bond motifs is 1. The van der Waals surface area contributed by atoms with E-state index in [0.717, 1.165) is 11.1 Å². The lowest BCUT2D eigenvalue weighted by atomic mass is 9.84. The zero-order chi connectivity index (χ0) is 21.3. The molecule has 30 heavy (non-hydrogen) atoms. The van der Waals surface area contributed by atoms with Gasteiger partial charge in [0.25, 0.3) is 0 Å². The molecule has 0 bridgehead atoms. The van der Waals surface area contributed by atoms with E-state index in [-0.39, 0.29) is 31.2 Å². The predicted octanol–water partition coefficient (Wildman–Crippen LogP) is 2.95. The standard InChI is InChI=1S/C22H24O8/c1-24-16-6-12(7-17(25-2)20(16)27-4)5-14-15(10-28-22(14)23)13-8-18(26-3)21-19(9-13)29-11-30-21/h6-9,14-15H,5,10-11H2,1-4H3/t14-,15-/m1/s1. The summed E-state index contributed by atoms with van der Waals surface area (Å²) in [6.07, 6.45) is 0.455. The van der Waals surface area contributed by atoms with Gasteiger partial charge in [0.05, 0.1) is 41.0 Å². The van der Waals surface area contributed by atoms with Gasteiger partial charge < -0.3 is 33.2 Å². The first-order chi connectivity index (χ1) is 14.6. The molecule has 0 spiro atoms. The average molecular weight is 416 g/mol. The molecule has 2 aliphatic heterocycles. The summed E-state index contributed by atoms with van der Waals surface area (Å²) in [4.78, 5) is 12.6. The van der Waals surface area contributed by atoms with Gasteiger partial charge in [-0.25, -0.2) is 0 Å². The van der Waals surface area contributed by atoms with Crippen molar-refractivity contribution in [3.05, 3.63) is 35.4 Å². The summed E-state index contributed by atoms with van der Waals surface area (Å²) >= 11 is 0. The second-order valence-electron chi connectivity index (χ2n) is 7.04. The van der Waals surface area contributed by atoms with Crippen molar-refractivity contribution in [3.8, 4) is 34.5 Å². The Morgan fingerprint density at radius 3 is 2.20 bits per heavy atom. The molecule has 2 aromatic rings. The Hall–Kier alpha value is -3.29. The number of hydrogen-bond acceptors (Lipinski definition) is 8. The Morgan fingerprint density at radius 2 is 1.57 bits per heavy atom. The number of esters is 1. The van der Waals surface area contributed by atoms with E-state index in [2.05, 4.69) is 0 Å². The van der Waals surface area contributed by atoms with E-state index in [9.17, 15) is 4.79 Å². The number of hydrogen-bond donors (Lipinski definition) is 0. The fraction of sp³-hybridized carbons (Fsp3) is 0.409. The van der Waals surface area contributed by atoms with Crippen molar-refractivity contribution >= 4 is 5.97 Å². The Balaban J connectivity index is 1.67. The number of benzene rings is 2. The topological polar surface area (TPSA) is 81.7 Å². The highest BCUT2D eigenvalue weighted by molar-refractivity contribution is 5.77. The first-order valence-electron chi connectivity index (χ1n) is 9.52. The van der Waals surface area contributed by atoms with E-state index >= 15 is 0 Å². The minimum absolute atomic E-state index is 0.143. The van der Waals surface area contributed by atoms with Crippen molar-refractivity contribution in [1.29, 1.82) is 0 Å². The fourth-order valence-electron chi connectivity index (χ4n) is 3.98.